The summed E-state index contributed by atoms with van der Waals surface area (Å²) in [5, 5.41) is 8.91. The summed E-state index contributed by atoms with van der Waals surface area (Å²) in [5.74, 6) is 1.52. The summed E-state index contributed by atoms with van der Waals surface area (Å²) in [6, 6.07) is 5.90. The molecule has 0 amide bonds. The van der Waals surface area contributed by atoms with E-state index in [2.05, 4.69) is 6.92 Å². The first kappa shape index (κ1) is 9.34. The number of aliphatic hydroxyl groups excluding tert-OH is 1. The molecule has 1 heterocycles. The molecule has 0 fully saturated rings. The van der Waals surface area contributed by atoms with Gasteiger partial charge in [-0.25, -0.2) is 0 Å². The van der Waals surface area contributed by atoms with E-state index in [4.69, 9.17) is 14.6 Å². The molecule has 1 aliphatic heterocycles. The Morgan fingerprint density at radius 1 is 1.43 bits per heavy atom. The van der Waals surface area contributed by atoms with Gasteiger partial charge in [0.15, 0.2) is 17.6 Å². The summed E-state index contributed by atoms with van der Waals surface area (Å²) in [6.45, 7) is 2.52. The largest absolute Gasteiger partial charge is 0.486 e. The van der Waals surface area contributed by atoms with Crippen LogP contribution in [0, 0.1) is 0 Å². The SMILES string of the molecule is CCc1ccc2c(c1)OC[C@H](CO)O2. The second-order valence-electron chi connectivity index (χ2n) is 3.37. The normalized spacial score (nSPS) is 19.4. The molecule has 0 aromatic heterocycles. The van der Waals surface area contributed by atoms with Crippen LogP contribution in [0.5, 0.6) is 11.5 Å². The Morgan fingerprint density at radius 2 is 2.29 bits per heavy atom. The van der Waals surface area contributed by atoms with Crippen molar-refractivity contribution in [2.75, 3.05) is 13.2 Å². The number of aliphatic hydroxyl groups is 1. The molecule has 14 heavy (non-hydrogen) atoms. The molecule has 3 heteroatoms. The Balaban J connectivity index is 2.23. The maximum Gasteiger partial charge on any atom is 0.161 e. The molecule has 0 spiro atoms. The van der Waals surface area contributed by atoms with E-state index in [1.54, 1.807) is 0 Å². The smallest absolute Gasteiger partial charge is 0.161 e. The fraction of sp³-hybridized carbons (Fsp3) is 0.455. The highest BCUT2D eigenvalue weighted by atomic mass is 16.6. The van der Waals surface area contributed by atoms with Gasteiger partial charge < -0.3 is 14.6 Å². The minimum atomic E-state index is -0.227. The average molecular weight is 194 g/mol. The molecule has 2 rings (SSSR count). The summed E-state index contributed by atoms with van der Waals surface area (Å²) >= 11 is 0. The summed E-state index contributed by atoms with van der Waals surface area (Å²) in [4.78, 5) is 0. The summed E-state index contributed by atoms with van der Waals surface area (Å²) < 4.78 is 11.0. The third-order valence-corrected chi connectivity index (χ3v) is 2.34. The number of hydrogen-bond acceptors (Lipinski definition) is 3. The molecule has 0 saturated carbocycles. The average Bonchev–Trinajstić information content (AvgIpc) is 2.27. The zero-order valence-electron chi connectivity index (χ0n) is 8.19. The van der Waals surface area contributed by atoms with Crippen LogP contribution in [0.2, 0.25) is 0 Å². The van der Waals surface area contributed by atoms with E-state index >= 15 is 0 Å². The number of benzene rings is 1. The summed E-state index contributed by atoms with van der Waals surface area (Å²) in [7, 11) is 0. The van der Waals surface area contributed by atoms with Gasteiger partial charge in [-0.15, -0.1) is 0 Å². The van der Waals surface area contributed by atoms with Crippen LogP contribution in [-0.2, 0) is 6.42 Å². The van der Waals surface area contributed by atoms with Crippen LogP contribution in [0.25, 0.3) is 0 Å². The Kier molecular flexibility index (Phi) is 2.59. The van der Waals surface area contributed by atoms with E-state index in [1.165, 1.54) is 5.56 Å². The zero-order chi connectivity index (χ0) is 9.97. The predicted molar refractivity (Wildman–Crippen MR) is 52.8 cm³/mol. The lowest BCUT2D eigenvalue weighted by Crippen LogP contribution is -2.32. The van der Waals surface area contributed by atoms with Crippen LogP contribution in [0.1, 0.15) is 12.5 Å². The van der Waals surface area contributed by atoms with Crippen LogP contribution in [0.3, 0.4) is 0 Å². The van der Waals surface area contributed by atoms with Gasteiger partial charge in [0.25, 0.3) is 0 Å². The van der Waals surface area contributed by atoms with Gasteiger partial charge >= 0.3 is 0 Å². The van der Waals surface area contributed by atoms with E-state index in [0.717, 1.165) is 17.9 Å². The van der Waals surface area contributed by atoms with Crippen molar-refractivity contribution in [3.8, 4) is 11.5 Å². The fourth-order valence-electron chi connectivity index (χ4n) is 1.47. The first-order chi connectivity index (χ1) is 6.83. The van der Waals surface area contributed by atoms with Crippen molar-refractivity contribution < 1.29 is 14.6 Å². The molecular formula is C11H14O3. The van der Waals surface area contributed by atoms with Crippen LogP contribution < -0.4 is 9.47 Å². The highest BCUT2D eigenvalue weighted by Gasteiger charge is 2.19. The number of hydrogen-bond donors (Lipinski definition) is 1. The van der Waals surface area contributed by atoms with E-state index in [9.17, 15) is 0 Å². The monoisotopic (exact) mass is 194 g/mol. The van der Waals surface area contributed by atoms with E-state index in [1.807, 2.05) is 18.2 Å². The predicted octanol–water partition coefficient (Wildman–Crippen LogP) is 1.38. The first-order valence-electron chi connectivity index (χ1n) is 4.86. The molecule has 0 bridgehead atoms. The van der Waals surface area contributed by atoms with Gasteiger partial charge in [-0.1, -0.05) is 13.0 Å². The van der Waals surface area contributed by atoms with Crippen molar-refractivity contribution in [3.05, 3.63) is 23.8 Å². The number of fused-ring (bicyclic) bond motifs is 1. The van der Waals surface area contributed by atoms with Crippen LogP contribution in [-0.4, -0.2) is 24.4 Å². The van der Waals surface area contributed by atoms with Gasteiger partial charge in [0.1, 0.15) is 6.61 Å². The molecule has 76 valence electrons. The standard InChI is InChI=1S/C11H14O3/c1-2-8-3-4-10-11(5-8)13-7-9(6-12)14-10/h3-5,9,12H,2,6-7H2,1H3/t9-/m0/s1. The van der Waals surface area contributed by atoms with E-state index in [0.29, 0.717) is 6.61 Å². The molecule has 1 N–H and O–H groups in total. The molecular weight excluding hydrogens is 180 g/mol. The van der Waals surface area contributed by atoms with Crippen LogP contribution in [0.4, 0.5) is 0 Å². The van der Waals surface area contributed by atoms with Crippen LogP contribution >= 0.6 is 0 Å². The first-order valence-corrected chi connectivity index (χ1v) is 4.86. The van der Waals surface area contributed by atoms with E-state index < -0.39 is 0 Å². The molecule has 1 aromatic rings. The molecule has 1 atom stereocenters. The van der Waals surface area contributed by atoms with Gasteiger partial charge in [0.05, 0.1) is 6.61 Å². The van der Waals surface area contributed by atoms with Crippen LogP contribution in [0.15, 0.2) is 18.2 Å². The lowest BCUT2D eigenvalue weighted by Gasteiger charge is -2.25. The molecule has 1 aliphatic rings. The lowest BCUT2D eigenvalue weighted by atomic mass is 10.1. The minimum Gasteiger partial charge on any atom is -0.486 e. The summed E-state index contributed by atoms with van der Waals surface area (Å²) in [6.07, 6.45) is 0.759. The number of aryl methyl sites for hydroxylation is 1. The van der Waals surface area contributed by atoms with Gasteiger partial charge in [-0.05, 0) is 24.1 Å². The highest BCUT2D eigenvalue weighted by Crippen LogP contribution is 2.32. The highest BCUT2D eigenvalue weighted by molar-refractivity contribution is 5.44. The van der Waals surface area contributed by atoms with Gasteiger partial charge in [-0.3, -0.25) is 0 Å². The molecule has 0 unspecified atom stereocenters. The topological polar surface area (TPSA) is 38.7 Å². The lowest BCUT2D eigenvalue weighted by molar-refractivity contribution is 0.0456. The Hall–Kier alpha value is -1.22. The Morgan fingerprint density at radius 3 is 3.00 bits per heavy atom. The quantitative estimate of drug-likeness (QED) is 0.773. The summed E-state index contributed by atoms with van der Waals surface area (Å²) in [5.41, 5.74) is 1.23. The Bertz CT molecular complexity index is 322. The third kappa shape index (κ3) is 1.68. The van der Waals surface area contributed by atoms with Crippen molar-refractivity contribution in [1.29, 1.82) is 0 Å². The molecule has 0 saturated heterocycles. The third-order valence-electron chi connectivity index (χ3n) is 2.34. The van der Waals surface area contributed by atoms with E-state index in [-0.39, 0.29) is 12.7 Å². The number of rotatable bonds is 2. The second-order valence-corrected chi connectivity index (χ2v) is 3.37. The zero-order valence-corrected chi connectivity index (χ0v) is 8.19. The molecule has 1 aromatic carbocycles. The van der Waals surface area contributed by atoms with Gasteiger partial charge in [0, 0.05) is 0 Å². The maximum absolute atomic E-state index is 8.91. The fourth-order valence-corrected chi connectivity index (χ4v) is 1.47. The minimum absolute atomic E-state index is 0.00499. The van der Waals surface area contributed by atoms with Gasteiger partial charge in [0.2, 0.25) is 0 Å². The molecule has 3 nitrogen and oxygen atoms in total. The van der Waals surface area contributed by atoms with Crippen molar-refractivity contribution >= 4 is 0 Å². The van der Waals surface area contributed by atoms with Crippen molar-refractivity contribution in [2.24, 2.45) is 0 Å². The second kappa shape index (κ2) is 3.88. The number of ether oxygens (including phenoxy) is 2. The van der Waals surface area contributed by atoms with Gasteiger partial charge in [-0.2, -0.15) is 0 Å². The molecule has 0 radical (unpaired) electrons. The van der Waals surface area contributed by atoms with Crippen molar-refractivity contribution in [3.63, 3.8) is 0 Å². The van der Waals surface area contributed by atoms with Crippen molar-refractivity contribution in [2.45, 2.75) is 19.4 Å². The molecule has 0 aliphatic carbocycles. The Labute approximate surface area is 83.3 Å². The van der Waals surface area contributed by atoms with Crippen molar-refractivity contribution in [1.82, 2.24) is 0 Å². The maximum atomic E-state index is 8.91.